The van der Waals surface area contributed by atoms with Crippen LogP contribution in [0.15, 0.2) is 46.9 Å². The molecule has 0 heterocycles. The summed E-state index contributed by atoms with van der Waals surface area (Å²) in [6.07, 6.45) is 3.08. The van der Waals surface area contributed by atoms with Crippen molar-refractivity contribution in [2.24, 2.45) is 0 Å². The second-order valence-corrected chi connectivity index (χ2v) is 6.97. The first-order chi connectivity index (χ1) is 9.54. The molecular weight excluding hydrogens is 336 g/mol. The summed E-state index contributed by atoms with van der Waals surface area (Å²) >= 11 is 9.52. The van der Waals surface area contributed by atoms with Gasteiger partial charge in [0, 0.05) is 22.3 Å². The molecule has 0 saturated heterocycles. The van der Waals surface area contributed by atoms with E-state index in [1.807, 2.05) is 30.3 Å². The standard InChI is InChI=1S/C17H16BrClO/c18-15-5-4-14-11-17(20,7-6-13(14)9-15)10-12-2-1-3-16(19)8-12/h1-5,8-9,20H,6-7,10-11H2. The number of hydrogen-bond acceptors (Lipinski definition) is 1. The molecule has 3 heteroatoms. The lowest BCUT2D eigenvalue weighted by molar-refractivity contribution is 0.0267. The first kappa shape index (κ1) is 14.1. The predicted octanol–water partition coefficient (Wildman–Crippen LogP) is 4.57. The quantitative estimate of drug-likeness (QED) is 0.840. The molecule has 1 N–H and O–H groups in total. The van der Waals surface area contributed by atoms with Gasteiger partial charge in [0.05, 0.1) is 5.60 Å². The Bertz CT molecular complexity index is 641. The maximum absolute atomic E-state index is 10.9. The molecule has 2 aromatic carbocycles. The van der Waals surface area contributed by atoms with Gasteiger partial charge in [-0.3, -0.25) is 0 Å². The Hall–Kier alpha value is -0.830. The van der Waals surface area contributed by atoms with E-state index in [-0.39, 0.29) is 0 Å². The highest BCUT2D eigenvalue weighted by Crippen LogP contribution is 2.33. The molecule has 1 atom stereocenters. The predicted molar refractivity (Wildman–Crippen MR) is 86.3 cm³/mol. The summed E-state index contributed by atoms with van der Waals surface area (Å²) in [6.45, 7) is 0. The van der Waals surface area contributed by atoms with Gasteiger partial charge in [0.2, 0.25) is 0 Å². The average Bonchev–Trinajstić information content (AvgIpc) is 2.39. The van der Waals surface area contributed by atoms with Crippen molar-refractivity contribution in [2.45, 2.75) is 31.3 Å². The van der Waals surface area contributed by atoms with Gasteiger partial charge in [0.15, 0.2) is 0 Å². The first-order valence-corrected chi connectivity index (χ1v) is 7.95. The maximum atomic E-state index is 10.9. The molecule has 3 rings (SSSR count). The highest BCUT2D eigenvalue weighted by Gasteiger charge is 2.32. The number of fused-ring (bicyclic) bond motifs is 1. The van der Waals surface area contributed by atoms with Gasteiger partial charge in [0.1, 0.15) is 0 Å². The molecule has 0 radical (unpaired) electrons. The molecule has 2 aromatic rings. The fourth-order valence-corrected chi connectivity index (χ4v) is 3.61. The van der Waals surface area contributed by atoms with Crippen LogP contribution in [0.4, 0.5) is 0 Å². The van der Waals surface area contributed by atoms with E-state index in [9.17, 15) is 5.11 Å². The average molecular weight is 352 g/mol. The van der Waals surface area contributed by atoms with Gasteiger partial charge in [-0.15, -0.1) is 0 Å². The maximum Gasteiger partial charge on any atom is 0.0731 e. The van der Waals surface area contributed by atoms with Crippen molar-refractivity contribution >= 4 is 27.5 Å². The Kier molecular flexibility index (Phi) is 3.89. The molecule has 0 saturated carbocycles. The minimum absolute atomic E-state index is 0.656. The van der Waals surface area contributed by atoms with Crippen LogP contribution < -0.4 is 0 Å². The highest BCUT2D eigenvalue weighted by molar-refractivity contribution is 9.10. The molecule has 0 aromatic heterocycles. The summed E-state index contributed by atoms with van der Waals surface area (Å²) in [7, 11) is 0. The molecule has 1 aliphatic rings. The van der Waals surface area contributed by atoms with E-state index in [2.05, 4.69) is 28.1 Å². The summed E-state index contributed by atoms with van der Waals surface area (Å²) < 4.78 is 1.11. The molecule has 0 amide bonds. The van der Waals surface area contributed by atoms with E-state index >= 15 is 0 Å². The monoisotopic (exact) mass is 350 g/mol. The summed E-state index contributed by atoms with van der Waals surface area (Å²) in [6, 6.07) is 14.1. The van der Waals surface area contributed by atoms with Crippen LogP contribution in [0.25, 0.3) is 0 Å². The Morgan fingerprint density at radius 1 is 1.15 bits per heavy atom. The SMILES string of the molecule is OC1(Cc2cccc(Cl)c2)CCc2cc(Br)ccc2C1. The van der Waals surface area contributed by atoms with E-state index in [0.717, 1.165) is 27.9 Å². The highest BCUT2D eigenvalue weighted by atomic mass is 79.9. The third-order valence-corrected chi connectivity index (χ3v) is 4.70. The Labute approximate surface area is 132 Å². The number of benzene rings is 2. The number of aryl methyl sites for hydroxylation is 1. The van der Waals surface area contributed by atoms with Crippen molar-refractivity contribution in [1.29, 1.82) is 0 Å². The van der Waals surface area contributed by atoms with E-state index in [1.54, 1.807) is 0 Å². The third kappa shape index (κ3) is 3.08. The van der Waals surface area contributed by atoms with Gasteiger partial charge in [-0.1, -0.05) is 45.7 Å². The van der Waals surface area contributed by atoms with Crippen molar-refractivity contribution in [2.75, 3.05) is 0 Å². The van der Waals surface area contributed by atoms with Gasteiger partial charge in [0.25, 0.3) is 0 Å². The van der Waals surface area contributed by atoms with Crippen LogP contribution in [0.1, 0.15) is 23.1 Å². The minimum Gasteiger partial charge on any atom is -0.389 e. The molecule has 0 aliphatic heterocycles. The zero-order valence-electron chi connectivity index (χ0n) is 11.1. The van der Waals surface area contributed by atoms with Gasteiger partial charge in [-0.2, -0.15) is 0 Å². The van der Waals surface area contributed by atoms with Crippen molar-refractivity contribution in [3.8, 4) is 0 Å². The number of halogens is 2. The molecule has 1 aliphatic carbocycles. The van der Waals surface area contributed by atoms with Crippen molar-refractivity contribution in [3.05, 3.63) is 68.7 Å². The van der Waals surface area contributed by atoms with Crippen molar-refractivity contribution in [3.63, 3.8) is 0 Å². The van der Waals surface area contributed by atoms with E-state index in [0.29, 0.717) is 12.8 Å². The van der Waals surface area contributed by atoms with E-state index in [1.165, 1.54) is 11.1 Å². The van der Waals surface area contributed by atoms with Crippen LogP contribution in [0.3, 0.4) is 0 Å². The summed E-state index contributed by atoms with van der Waals surface area (Å²) in [5.74, 6) is 0. The van der Waals surface area contributed by atoms with Crippen LogP contribution in [0.5, 0.6) is 0 Å². The van der Waals surface area contributed by atoms with Crippen LogP contribution >= 0.6 is 27.5 Å². The number of rotatable bonds is 2. The number of aliphatic hydroxyl groups is 1. The van der Waals surface area contributed by atoms with Gasteiger partial charge >= 0.3 is 0 Å². The molecule has 20 heavy (non-hydrogen) atoms. The van der Waals surface area contributed by atoms with E-state index in [4.69, 9.17) is 11.6 Å². The lowest BCUT2D eigenvalue weighted by Gasteiger charge is -2.34. The van der Waals surface area contributed by atoms with Gasteiger partial charge in [-0.05, 0) is 53.8 Å². The topological polar surface area (TPSA) is 20.2 Å². The Balaban J connectivity index is 1.82. The molecule has 0 bridgehead atoms. The van der Waals surface area contributed by atoms with Crippen LogP contribution in [0.2, 0.25) is 5.02 Å². The summed E-state index contributed by atoms with van der Waals surface area (Å²) in [5.41, 5.74) is 3.03. The minimum atomic E-state index is -0.661. The van der Waals surface area contributed by atoms with Crippen molar-refractivity contribution in [1.82, 2.24) is 0 Å². The molecule has 104 valence electrons. The van der Waals surface area contributed by atoms with Crippen LogP contribution in [-0.4, -0.2) is 10.7 Å². The van der Waals surface area contributed by atoms with Crippen LogP contribution in [-0.2, 0) is 19.3 Å². The molecule has 0 spiro atoms. The largest absolute Gasteiger partial charge is 0.389 e. The lowest BCUT2D eigenvalue weighted by Crippen LogP contribution is -2.38. The second kappa shape index (κ2) is 5.51. The molecular formula is C17H16BrClO. The van der Waals surface area contributed by atoms with Gasteiger partial charge in [-0.25, -0.2) is 0 Å². The Morgan fingerprint density at radius 2 is 2.00 bits per heavy atom. The molecule has 0 fully saturated rings. The van der Waals surface area contributed by atoms with E-state index < -0.39 is 5.60 Å². The summed E-state index contributed by atoms with van der Waals surface area (Å²) in [5, 5.41) is 11.6. The first-order valence-electron chi connectivity index (χ1n) is 6.78. The fourth-order valence-electron chi connectivity index (χ4n) is 2.99. The number of hydrogen-bond donors (Lipinski definition) is 1. The fraction of sp³-hybridized carbons (Fsp3) is 0.294. The summed E-state index contributed by atoms with van der Waals surface area (Å²) in [4.78, 5) is 0. The lowest BCUT2D eigenvalue weighted by atomic mass is 9.77. The Morgan fingerprint density at radius 3 is 2.80 bits per heavy atom. The molecule has 1 nitrogen and oxygen atoms in total. The van der Waals surface area contributed by atoms with Crippen LogP contribution in [0, 0.1) is 0 Å². The molecule has 1 unspecified atom stereocenters. The zero-order chi connectivity index (χ0) is 14.2. The zero-order valence-corrected chi connectivity index (χ0v) is 13.4. The smallest absolute Gasteiger partial charge is 0.0731 e. The normalized spacial score (nSPS) is 21.6. The van der Waals surface area contributed by atoms with Gasteiger partial charge < -0.3 is 5.11 Å². The third-order valence-electron chi connectivity index (χ3n) is 3.97. The second-order valence-electron chi connectivity index (χ2n) is 5.62. The van der Waals surface area contributed by atoms with Crippen molar-refractivity contribution < 1.29 is 5.11 Å².